The van der Waals surface area contributed by atoms with E-state index in [9.17, 15) is 38.9 Å². The molecule has 0 aromatic heterocycles. The van der Waals surface area contributed by atoms with Crippen LogP contribution in [0.3, 0.4) is 0 Å². The minimum Gasteiger partial charge on any atom is -0.359 e. The molecule has 0 saturated heterocycles. The van der Waals surface area contributed by atoms with Gasteiger partial charge >= 0.3 is 20.4 Å². The Morgan fingerprint density at radius 2 is 1.26 bits per heavy atom. The maximum Gasteiger partial charge on any atom is 0.310 e. The van der Waals surface area contributed by atoms with E-state index in [2.05, 4.69) is 23.6 Å². The Balaban J connectivity index is 2.29. The van der Waals surface area contributed by atoms with Gasteiger partial charge in [0.05, 0.1) is 0 Å². The second-order valence-corrected chi connectivity index (χ2v) is 16.3. The Labute approximate surface area is 191 Å². The van der Waals surface area contributed by atoms with Crippen LogP contribution >= 0.6 is 29.7 Å². The lowest BCUT2D eigenvalue weighted by Crippen LogP contribution is -2.24. The van der Waals surface area contributed by atoms with Crippen LogP contribution in [0.15, 0.2) is 75.5 Å². The van der Waals surface area contributed by atoms with E-state index in [1.807, 2.05) is 0 Å². The SMILES string of the molecule is C=C(Nc1ccc(S(F)(F)(F)(F)F)cc1)C(C)(C)CS(=C)(=C)c1cccc(S(F)(F)(F)(F)F)c1. The van der Waals surface area contributed by atoms with Crippen molar-refractivity contribution in [3.05, 3.63) is 60.8 Å². The second kappa shape index (κ2) is 6.64. The highest BCUT2D eigenvalue weighted by Crippen LogP contribution is 3.02. The number of nitrogens with one attached hydrogen (secondary N) is 1. The van der Waals surface area contributed by atoms with Crippen LogP contribution in [0.1, 0.15) is 13.8 Å². The number of rotatable bonds is 8. The molecule has 0 saturated carbocycles. The van der Waals surface area contributed by atoms with Gasteiger partial charge in [-0.05, 0) is 53.1 Å². The summed E-state index contributed by atoms with van der Waals surface area (Å²) in [6.07, 6.45) is 0. The van der Waals surface area contributed by atoms with Gasteiger partial charge in [0.25, 0.3) is 0 Å². The lowest BCUT2D eigenvalue weighted by atomic mass is 9.92. The third-order valence-electron chi connectivity index (χ3n) is 4.80. The zero-order chi connectivity index (χ0) is 26.8. The fraction of sp³-hybridized carbons (Fsp3) is 0.200. The van der Waals surface area contributed by atoms with Gasteiger partial charge in [0.2, 0.25) is 0 Å². The van der Waals surface area contributed by atoms with Crippen LogP contribution in [-0.4, -0.2) is 17.5 Å². The van der Waals surface area contributed by atoms with E-state index in [1.54, 1.807) is 13.8 Å². The Hall–Kier alpha value is -1.93. The minimum atomic E-state index is -9.92. The van der Waals surface area contributed by atoms with E-state index in [1.165, 1.54) is 6.07 Å². The predicted octanol–water partition coefficient (Wildman–Crippen LogP) is 10.7. The number of hydrogen-bond donors (Lipinski definition) is 1. The van der Waals surface area contributed by atoms with Gasteiger partial charge in [-0.1, -0.05) is 77.1 Å². The predicted molar refractivity (Wildman–Crippen MR) is 127 cm³/mol. The van der Waals surface area contributed by atoms with Gasteiger partial charge in [0.1, 0.15) is 9.79 Å². The van der Waals surface area contributed by atoms with E-state index in [0.29, 0.717) is 6.07 Å². The normalized spacial score (nSPS) is 17.6. The standard InChI is InChI=1S/C20H23F10NS3/c1-15(31-16-9-11-18(12-10-16)33(21,22,23,24)25)20(2,3)14-32(4,5)17-7-6-8-19(13-17)34(26,27,28,29)30/h6-13,31H,1,4-5,14H2,2-3H3. The molecular formula is C20H23F10NS3. The van der Waals surface area contributed by atoms with E-state index >= 15 is 0 Å². The molecule has 0 bridgehead atoms. The number of benzene rings is 2. The maximum atomic E-state index is 13.2. The Bertz CT molecular complexity index is 1240. The van der Waals surface area contributed by atoms with Gasteiger partial charge in [0, 0.05) is 16.8 Å². The van der Waals surface area contributed by atoms with Crippen LogP contribution in [0.4, 0.5) is 44.5 Å². The van der Waals surface area contributed by atoms with Crippen LogP contribution in [-0.2, 0) is 0 Å². The summed E-state index contributed by atoms with van der Waals surface area (Å²) in [4.78, 5) is -4.28. The van der Waals surface area contributed by atoms with Crippen molar-refractivity contribution in [3.8, 4) is 0 Å². The van der Waals surface area contributed by atoms with Crippen molar-refractivity contribution >= 4 is 47.1 Å². The zero-order valence-electron chi connectivity index (χ0n) is 18.0. The Morgan fingerprint density at radius 3 is 1.71 bits per heavy atom. The first-order valence-corrected chi connectivity index (χ1v) is 15.2. The van der Waals surface area contributed by atoms with Crippen LogP contribution in [0, 0.1) is 5.41 Å². The van der Waals surface area contributed by atoms with E-state index < -0.39 is 44.9 Å². The van der Waals surface area contributed by atoms with Crippen molar-refractivity contribution in [1.82, 2.24) is 0 Å². The molecule has 0 aliphatic carbocycles. The third kappa shape index (κ3) is 7.04. The Kier molecular flexibility index (Phi) is 5.52. The lowest BCUT2D eigenvalue weighted by Gasteiger charge is -2.41. The number of hydrogen-bond acceptors (Lipinski definition) is 1. The van der Waals surface area contributed by atoms with Crippen LogP contribution < -0.4 is 5.32 Å². The molecule has 0 atom stereocenters. The molecule has 1 nitrogen and oxygen atoms in total. The molecule has 0 aliphatic heterocycles. The summed E-state index contributed by atoms with van der Waals surface area (Å²) in [5.41, 5.74) is -0.830. The molecule has 1 N–H and O–H groups in total. The lowest BCUT2D eigenvalue weighted by molar-refractivity contribution is 0.360. The largest absolute Gasteiger partial charge is 0.359 e. The molecule has 34 heavy (non-hydrogen) atoms. The first-order chi connectivity index (χ1) is 14.5. The molecule has 196 valence electrons. The van der Waals surface area contributed by atoms with Crippen molar-refractivity contribution in [2.45, 2.75) is 28.5 Å². The quantitative estimate of drug-likeness (QED) is 0.249. The molecule has 2 aromatic rings. The van der Waals surface area contributed by atoms with E-state index in [-0.39, 0.29) is 40.2 Å². The van der Waals surface area contributed by atoms with Crippen LogP contribution in [0.25, 0.3) is 0 Å². The van der Waals surface area contributed by atoms with Crippen molar-refractivity contribution < 1.29 is 38.9 Å². The van der Waals surface area contributed by atoms with Gasteiger partial charge in [0.15, 0.2) is 0 Å². The molecule has 0 fully saturated rings. The molecule has 0 radical (unpaired) electrons. The maximum absolute atomic E-state index is 13.2. The minimum absolute atomic E-state index is 0.000287. The molecule has 2 rings (SSSR count). The molecule has 0 aliphatic rings. The fourth-order valence-electron chi connectivity index (χ4n) is 2.98. The van der Waals surface area contributed by atoms with Crippen LogP contribution in [0.5, 0.6) is 0 Å². The summed E-state index contributed by atoms with van der Waals surface area (Å²) < 4.78 is 130. The van der Waals surface area contributed by atoms with E-state index in [4.69, 9.17) is 0 Å². The van der Waals surface area contributed by atoms with Gasteiger partial charge in [-0.15, -0.1) is 0 Å². The fourth-order valence-corrected chi connectivity index (χ4v) is 6.86. The van der Waals surface area contributed by atoms with Crippen molar-refractivity contribution in [3.63, 3.8) is 0 Å². The highest BCUT2D eigenvalue weighted by atomic mass is 32.5. The monoisotopic (exact) mass is 563 g/mol. The van der Waals surface area contributed by atoms with Crippen molar-refractivity contribution in [2.24, 2.45) is 5.41 Å². The highest BCUT2D eigenvalue weighted by Gasteiger charge is 2.66. The molecular weight excluding hydrogens is 540 g/mol. The molecule has 0 spiro atoms. The van der Waals surface area contributed by atoms with Gasteiger partial charge in [-0.3, -0.25) is 0 Å². The molecule has 0 unspecified atom stereocenters. The van der Waals surface area contributed by atoms with Gasteiger partial charge in [-0.25, -0.2) is 0 Å². The van der Waals surface area contributed by atoms with Gasteiger partial charge in [-0.2, -0.15) is 9.21 Å². The van der Waals surface area contributed by atoms with Crippen molar-refractivity contribution in [2.75, 3.05) is 11.1 Å². The summed E-state index contributed by atoms with van der Waals surface area (Å²) in [6.45, 7) is 6.93. The summed E-state index contributed by atoms with van der Waals surface area (Å²) >= 11 is 0. The highest BCUT2D eigenvalue weighted by molar-refractivity contribution is 8.46. The zero-order valence-corrected chi connectivity index (χ0v) is 20.4. The first kappa shape index (κ1) is 28.3. The first-order valence-electron chi connectivity index (χ1n) is 9.12. The smallest absolute Gasteiger partial charge is 0.310 e. The molecule has 2 aromatic carbocycles. The third-order valence-corrected chi connectivity index (χ3v) is 9.64. The summed E-state index contributed by atoms with van der Waals surface area (Å²) in [5, 5.41) is 2.68. The summed E-state index contributed by atoms with van der Waals surface area (Å²) in [6, 6.07) is 4.61. The average molecular weight is 564 g/mol. The summed E-state index contributed by atoms with van der Waals surface area (Å²) in [5.74, 6) is 7.63. The average Bonchev–Trinajstić information content (AvgIpc) is 2.57. The van der Waals surface area contributed by atoms with Gasteiger partial charge < -0.3 is 5.32 Å². The summed E-state index contributed by atoms with van der Waals surface area (Å²) in [7, 11) is -22.4. The second-order valence-electron chi connectivity index (χ2n) is 8.61. The topological polar surface area (TPSA) is 12.0 Å². The molecule has 14 heteroatoms. The van der Waals surface area contributed by atoms with Crippen molar-refractivity contribution in [1.29, 1.82) is 0 Å². The molecule has 0 amide bonds. The van der Waals surface area contributed by atoms with E-state index in [0.717, 1.165) is 18.2 Å². The number of halogens is 10. The molecule has 0 heterocycles. The Morgan fingerprint density at radius 1 is 0.794 bits per heavy atom. The van der Waals surface area contributed by atoms with Crippen LogP contribution in [0.2, 0.25) is 0 Å². The number of allylic oxidation sites excluding steroid dienone is 1. The number of anilines is 1.